The second kappa shape index (κ2) is 10.6. The number of nitrogens with one attached hydrogen (secondary N) is 1. The number of amides is 1. The smallest absolute Gasteiger partial charge is 0.255 e. The average Bonchev–Trinajstić information content (AvgIpc) is 3.15. The molecule has 0 bridgehead atoms. The fraction of sp³-hybridized carbons (Fsp3) is 0.185. The number of methoxy groups -OCH3 is 1. The molecule has 4 aromatic rings. The third kappa shape index (κ3) is 5.66. The lowest BCUT2D eigenvalue weighted by Crippen LogP contribution is -2.13. The van der Waals surface area contributed by atoms with E-state index in [1.807, 2.05) is 67.1 Å². The Bertz CT molecular complexity index is 1300. The van der Waals surface area contributed by atoms with E-state index < -0.39 is 0 Å². The molecular weight excluding hydrogens is 494 g/mol. The number of halogens is 1. The fourth-order valence-corrected chi connectivity index (χ4v) is 4.05. The van der Waals surface area contributed by atoms with Gasteiger partial charge in [0.25, 0.3) is 5.91 Å². The minimum Gasteiger partial charge on any atom is -0.496 e. The Morgan fingerprint density at radius 3 is 2.44 bits per heavy atom. The van der Waals surface area contributed by atoms with E-state index in [0.29, 0.717) is 17.9 Å². The molecule has 34 heavy (non-hydrogen) atoms. The first-order chi connectivity index (χ1) is 16.4. The second-order valence-corrected chi connectivity index (χ2v) is 8.84. The van der Waals surface area contributed by atoms with Gasteiger partial charge in [-0.3, -0.25) is 9.48 Å². The zero-order valence-corrected chi connectivity index (χ0v) is 20.9. The number of carbonyl (C=O) groups excluding carboxylic acids is 1. The molecule has 3 aromatic carbocycles. The van der Waals surface area contributed by atoms with Crippen LogP contribution in [0.5, 0.6) is 11.5 Å². The third-order valence-corrected chi connectivity index (χ3v) is 6.07. The summed E-state index contributed by atoms with van der Waals surface area (Å²) in [5.74, 6) is 1.19. The van der Waals surface area contributed by atoms with Gasteiger partial charge in [-0.05, 0) is 83.9 Å². The standard InChI is InChI=1S/C27H26BrN3O3/c1-18-14-19(2)31(30-18)16-20-8-11-23(12-9-20)29-27(32)21-10-13-25(33-3)22(15-21)17-34-26-7-5-4-6-24(26)28/h4-15H,16-17H2,1-3H3,(H,29,32). The molecule has 0 spiro atoms. The summed E-state index contributed by atoms with van der Waals surface area (Å²) in [4.78, 5) is 12.9. The van der Waals surface area contributed by atoms with Crippen LogP contribution in [0.1, 0.15) is 32.9 Å². The predicted octanol–water partition coefficient (Wildman–Crippen LogP) is 6.15. The van der Waals surface area contributed by atoms with Crippen LogP contribution in [0.25, 0.3) is 0 Å². The summed E-state index contributed by atoms with van der Waals surface area (Å²) < 4.78 is 14.2. The third-order valence-electron chi connectivity index (χ3n) is 5.41. The van der Waals surface area contributed by atoms with Gasteiger partial charge in [0.1, 0.15) is 18.1 Å². The van der Waals surface area contributed by atoms with Gasteiger partial charge in [0.2, 0.25) is 0 Å². The largest absolute Gasteiger partial charge is 0.496 e. The molecule has 0 saturated carbocycles. The molecule has 0 unspecified atom stereocenters. The van der Waals surface area contributed by atoms with E-state index in [0.717, 1.165) is 38.4 Å². The topological polar surface area (TPSA) is 65.4 Å². The molecule has 174 valence electrons. The van der Waals surface area contributed by atoms with Gasteiger partial charge in [-0.15, -0.1) is 0 Å². The maximum atomic E-state index is 12.9. The van der Waals surface area contributed by atoms with Crippen molar-refractivity contribution in [2.24, 2.45) is 0 Å². The average molecular weight is 520 g/mol. The molecule has 4 rings (SSSR count). The summed E-state index contributed by atoms with van der Waals surface area (Å²) in [5.41, 5.74) is 5.27. The molecule has 1 heterocycles. The van der Waals surface area contributed by atoms with E-state index in [4.69, 9.17) is 9.47 Å². The molecule has 7 heteroatoms. The van der Waals surface area contributed by atoms with Crippen molar-refractivity contribution in [2.75, 3.05) is 12.4 Å². The van der Waals surface area contributed by atoms with Gasteiger partial charge in [-0.25, -0.2) is 0 Å². The summed E-state index contributed by atoms with van der Waals surface area (Å²) >= 11 is 3.48. The Labute approximate surface area is 207 Å². The van der Waals surface area contributed by atoms with Gasteiger partial charge >= 0.3 is 0 Å². The molecule has 1 N–H and O–H groups in total. The van der Waals surface area contributed by atoms with Gasteiger partial charge in [-0.2, -0.15) is 5.10 Å². The monoisotopic (exact) mass is 519 g/mol. The van der Waals surface area contributed by atoms with Crippen molar-refractivity contribution in [1.29, 1.82) is 0 Å². The van der Waals surface area contributed by atoms with Crippen LogP contribution < -0.4 is 14.8 Å². The van der Waals surface area contributed by atoms with E-state index in [9.17, 15) is 4.79 Å². The SMILES string of the molecule is COc1ccc(C(=O)Nc2ccc(Cn3nc(C)cc3C)cc2)cc1COc1ccccc1Br. The number of rotatable bonds is 8. The summed E-state index contributed by atoms with van der Waals surface area (Å²) in [6, 6.07) is 22.8. The number of aromatic nitrogens is 2. The maximum Gasteiger partial charge on any atom is 0.255 e. The van der Waals surface area contributed by atoms with Crippen LogP contribution in [-0.4, -0.2) is 22.8 Å². The summed E-state index contributed by atoms with van der Waals surface area (Å²) in [6.07, 6.45) is 0. The van der Waals surface area contributed by atoms with Crippen LogP contribution in [0.2, 0.25) is 0 Å². The minimum atomic E-state index is -0.198. The van der Waals surface area contributed by atoms with Crippen LogP contribution >= 0.6 is 15.9 Å². The van der Waals surface area contributed by atoms with Crippen LogP contribution in [0.3, 0.4) is 0 Å². The highest BCUT2D eigenvalue weighted by molar-refractivity contribution is 9.10. The highest BCUT2D eigenvalue weighted by Gasteiger charge is 2.12. The van der Waals surface area contributed by atoms with Gasteiger partial charge < -0.3 is 14.8 Å². The zero-order chi connectivity index (χ0) is 24.1. The number of aryl methyl sites for hydroxylation is 2. The Morgan fingerprint density at radius 2 is 1.76 bits per heavy atom. The Morgan fingerprint density at radius 1 is 1.00 bits per heavy atom. The van der Waals surface area contributed by atoms with Crippen molar-refractivity contribution in [3.63, 3.8) is 0 Å². The molecule has 0 aliphatic rings. The molecule has 6 nitrogen and oxygen atoms in total. The van der Waals surface area contributed by atoms with Crippen molar-refractivity contribution in [3.05, 3.63) is 105 Å². The van der Waals surface area contributed by atoms with Crippen molar-refractivity contribution in [3.8, 4) is 11.5 Å². The number of hydrogen-bond donors (Lipinski definition) is 1. The zero-order valence-electron chi connectivity index (χ0n) is 19.3. The summed E-state index contributed by atoms with van der Waals surface area (Å²) in [6.45, 7) is 4.99. The van der Waals surface area contributed by atoms with Gasteiger partial charge in [0, 0.05) is 22.5 Å². The van der Waals surface area contributed by atoms with Crippen molar-refractivity contribution < 1.29 is 14.3 Å². The molecule has 0 saturated heterocycles. The predicted molar refractivity (Wildman–Crippen MR) is 137 cm³/mol. The molecule has 0 aliphatic carbocycles. The number of para-hydroxylation sites is 1. The number of nitrogens with zero attached hydrogens (tertiary/aromatic N) is 2. The number of ether oxygens (including phenoxy) is 2. The second-order valence-electron chi connectivity index (χ2n) is 7.98. The number of carbonyl (C=O) groups is 1. The number of hydrogen-bond acceptors (Lipinski definition) is 4. The Kier molecular flexibility index (Phi) is 7.33. The lowest BCUT2D eigenvalue weighted by molar-refractivity contribution is 0.102. The van der Waals surface area contributed by atoms with E-state index in [-0.39, 0.29) is 12.5 Å². The molecule has 0 aliphatic heterocycles. The molecule has 0 fully saturated rings. The van der Waals surface area contributed by atoms with Crippen molar-refractivity contribution in [2.45, 2.75) is 27.0 Å². The van der Waals surface area contributed by atoms with Crippen LogP contribution in [-0.2, 0) is 13.2 Å². The van der Waals surface area contributed by atoms with Gasteiger partial charge in [0.15, 0.2) is 0 Å². The fourth-order valence-electron chi connectivity index (χ4n) is 3.65. The van der Waals surface area contributed by atoms with Crippen LogP contribution in [0.15, 0.2) is 77.3 Å². The van der Waals surface area contributed by atoms with Gasteiger partial charge in [0.05, 0.1) is 23.8 Å². The lowest BCUT2D eigenvalue weighted by atomic mass is 10.1. The van der Waals surface area contributed by atoms with Gasteiger partial charge in [-0.1, -0.05) is 24.3 Å². The number of anilines is 1. The van der Waals surface area contributed by atoms with Crippen LogP contribution in [0.4, 0.5) is 5.69 Å². The summed E-state index contributed by atoms with van der Waals surface area (Å²) in [7, 11) is 1.60. The molecular formula is C27H26BrN3O3. The summed E-state index contributed by atoms with van der Waals surface area (Å²) in [5, 5.41) is 7.46. The normalized spacial score (nSPS) is 10.7. The molecule has 0 atom stereocenters. The van der Waals surface area contributed by atoms with E-state index in [2.05, 4.69) is 32.4 Å². The highest BCUT2D eigenvalue weighted by Crippen LogP contribution is 2.27. The first-order valence-electron chi connectivity index (χ1n) is 10.9. The molecule has 1 amide bonds. The first-order valence-corrected chi connectivity index (χ1v) is 11.7. The quantitative estimate of drug-likeness (QED) is 0.303. The van der Waals surface area contributed by atoms with Crippen molar-refractivity contribution >= 4 is 27.5 Å². The first kappa shape index (κ1) is 23.6. The Hall–Kier alpha value is -3.58. The molecule has 0 radical (unpaired) electrons. The lowest BCUT2D eigenvalue weighted by Gasteiger charge is -2.13. The van der Waals surface area contributed by atoms with Crippen molar-refractivity contribution in [1.82, 2.24) is 9.78 Å². The Balaban J connectivity index is 1.43. The van der Waals surface area contributed by atoms with E-state index in [1.54, 1.807) is 25.3 Å². The molecule has 1 aromatic heterocycles. The minimum absolute atomic E-state index is 0.198. The van der Waals surface area contributed by atoms with E-state index >= 15 is 0 Å². The number of benzene rings is 3. The van der Waals surface area contributed by atoms with Crippen LogP contribution in [0, 0.1) is 13.8 Å². The highest BCUT2D eigenvalue weighted by atomic mass is 79.9. The van der Waals surface area contributed by atoms with E-state index in [1.165, 1.54) is 0 Å². The maximum absolute atomic E-state index is 12.9.